The maximum absolute atomic E-state index is 12.2. The molecule has 1 amide bonds. The van der Waals surface area contributed by atoms with E-state index in [1.807, 2.05) is 18.2 Å². The lowest BCUT2D eigenvalue weighted by molar-refractivity contribution is -0.131. The lowest BCUT2D eigenvalue weighted by Crippen LogP contribution is -2.42. The molecule has 5 nitrogen and oxygen atoms in total. The second-order valence-corrected chi connectivity index (χ2v) is 5.70. The first-order valence-corrected chi connectivity index (χ1v) is 7.80. The summed E-state index contributed by atoms with van der Waals surface area (Å²) in [6.45, 7) is 5.36. The van der Waals surface area contributed by atoms with Gasteiger partial charge in [-0.15, -0.1) is 0 Å². The molecule has 0 unspecified atom stereocenters. The Hall–Kier alpha value is -2.06. The molecule has 0 aromatic heterocycles. The SMILES string of the molecule is CCN1CCC[C@@H]1CN(Cc1ccc(O)cc1)C(=O)CC#N. The van der Waals surface area contributed by atoms with Crippen molar-refractivity contribution >= 4 is 5.91 Å². The van der Waals surface area contributed by atoms with E-state index < -0.39 is 0 Å². The van der Waals surface area contributed by atoms with Crippen molar-refractivity contribution in [2.45, 2.75) is 38.8 Å². The fourth-order valence-electron chi connectivity index (χ4n) is 3.03. The lowest BCUT2D eigenvalue weighted by Gasteiger charge is -2.30. The maximum Gasteiger partial charge on any atom is 0.237 e. The summed E-state index contributed by atoms with van der Waals surface area (Å²) in [6, 6.07) is 9.20. The maximum atomic E-state index is 12.2. The highest BCUT2D eigenvalue weighted by molar-refractivity contribution is 5.78. The van der Waals surface area contributed by atoms with Crippen molar-refractivity contribution in [1.29, 1.82) is 5.26 Å². The van der Waals surface area contributed by atoms with Crippen molar-refractivity contribution in [3.63, 3.8) is 0 Å². The molecule has 5 heteroatoms. The zero-order chi connectivity index (χ0) is 15.9. The van der Waals surface area contributed by atoms with Gasteiger partial charge in [0, 0.05) is 19.1 Å². The Kier molecular flexibility index (Phi) is 5.79. The van der Waals surface area contributed by atoms with Crippen LogP contribution in [0.3, 0.4) is 0 Å². The Bertz CT molecular complexity index is 536. The van der Waals surface area contributed by atoms with Gasteiger partial charge >= 0.3 is 0 Å². The Morgan fingerprint density at radius 3 is 2.82 bits per heavy atom. The molecule has 1 heterocycles. The third-order valence-electron chi connectivity index (χ3n) is 4.23. The van der Waals surface area contributed by atoms with Crippen LogP contribution in [0.25, 0.3) is 0 Å². The van der Waals surface area contributed by atoms with Crippen LogP contribution in [0.5, 0.6) is 5.75 Å². The zero-order valence-corrected chi connectivity index (χ0v) is 13.0. The van der Waals surface area contributed by atoms with Gasteiger partial charge in [-0.05, 0) is 43.6 Å². The predicted molar refractivity (Wildman–Crippen MR) is 84.0 cm³/mol. The van der Waals surface area contributed by atoms with E-state index in [2.05, 4.69) is 11.8 Å². The normalized spacial score (nSPS) is 18.1. The van der Waals surface area contributed by atoms with E-state index in [1.54, 1.807) is 17.0 Å². The monoisotopic (exact) mass is 301 g/mol. The van der Waals surface area contributed by atoms with Gasteiger partial charge in [0.25, 0.3) is 0 Å². The van der Waals surface area contributed by atoms with Gasteiger partial charge < -0.3 is 10.0 Å². The molecular formula is C17H23N3O2. The number of benzene rings is 1. The fourth-order valence-corrected chi connectivity index (χ4v) is 3.03. The Labute approximate surface area is 131 Å². The molecule has 1 atom stereocenters. The van der Waals surface area contributed by atoms with Crippen LogP contribution in [0, 0.1) is 11.3 Å². The molecule has 1 saturated heterocycles. The minimum absolute atomic E-state index is 0.0864. The summed E-state index contributed by atoms with van der Waals surface area (Å²) in [5.41, 5.74) is 0.963. The van der Waals surface area contributed by atoms with E-state index in [1.165, 1.54) is 0 Å². The summed E-state index contributed by atoms with van der Waals surface area (Å²) in [7, 11) is 0. The number of amides is 1. The summed E-state index contributed by atoms with van der Waals surface area (Å²) < 4.78 is 0. The van der Waals surface area contributed by atoms with E-state index in [0.29, 0.717) is 19.1 Å². The van der Waals surface area contributed by atoms with Gasteiger partial charge in [0.15, 0.2) is 0 Å². The molecule has 0 radical (unpaired) electrons. The average Bonchev–Trinajstić information content (AvgIpc) is 2.96. The molecule has 1 N–H and O–H groups in total. The molecule has 118 valence electrons. The first kappa shape index (κ1) is 16.3. The number of carbonyl (C=O) groups is 1. The van der Waals surface area contributed by atoms with E-state index in [-0.39, 0.29) is 18.1 Å². The fraction of sp³-hybridized carbons (Fsp3) is 0.529. The number of hydrogen-bond acceptors (Lipinski definition) is 4. The summed E-state index contributed by atoms with van der Waals surface area (Å²) in [5.74, 6) is 0.0881. The number of nitrogens with zero attached hydrogens (tertiary/aromatic N) is 3. The van der Waals surface area contributed by atoms with E-state index in [9.17, 15) is 9.90 Å². The summed E-state index contributed by atoms with van der Waals surface area (Å²) >= 11 is 0. The Morgan fingerprint density at radius 2 is 2.18 bits per heavy atom. The molecule has 1 aliphatic rings. The van der Waals surface area contributed by atoms with E-state index >= 15 is 0 Å². The molecule has 2 rings (SSSR count). The third kappa shape index (κ3) is 4.22. The number of phenolic OH excluding ortho intramolecular Hbond substituents is 1. The number of likely N-dealkylation sites (N-methyl/N-ethyl adjacent to an activating group) is 1. The summed E-state index contributed by atoms with van der Waals surface area (Å²) in [6.07, 6.45) is 2.18. The predicted octanol–water partition coefficient (Wildman–Crippen LogP) is 2.12. The topological polar surface area (TPSA) is 67.6 Å². The molecule has 1 aromatic carbocycles. The van der Waals surface area contributed by atoms with Gasteiger partial charge in [-0.3, -0.25) is 9.69 Å². The summed E-state index contributed by atoms with van der Waals surface area (Å²) in [5, 5.41) is 18.2. The molecule has 1 fully saturated rings. The third-order valence-corrected chi connectivity index (χ3v) is 4.23. The minimum atomic E-state index is -0.126. The van der Waals surface area contributed by atoms with Crippen LogP contribution >= 0.6 is 0 Å². The van der Waals surface area contributed by atoms with Gasteiger partial charge in [0.05, 0.1) is 6.07 Å². The van der Waals surface area contributed by atoms with Gasteiger partial charge in [-0.1, -0.05) is 19.1 Å². The van der Waals surface area contributed by atoms with Crippen molar-refractivity contribution in [1.82, 2.24) is 9.80 Å². The van der Waals surface area contributed by atoms with E-state index in [0.717, 1.165) is 31.5 Å². The molecule has 22 heavy (non-hydrogen) atoms. The van der Waals surface area contributed by atoms with Gasteiger partial charge in [0.1, 0.15) is 12.2 Å². The molecule has 0 spiro atoms. The first-order chi connectivity index (χ1) is 10.6. The molecule has 0 saturated carbocycles. The number of hydrogen-bond donors (Lipinski definition) is 1. The van der Waals surface area contributed by atoms with Crippen LogP contribution in [-0.2, 0) is 11.3 Å². The van der Waals surface area contributed by atoms with Gasteiger partial charge in [0.2, 0.25) is 5.91 Å². The van der Waals surface area contributed by atoms with Crippen LogP contribution in [0.4, 0.5) is 0 Å². The van der Waals surface area contributed by atoms with Gasteiger partial charge in [-0.2, -0.15) is 5.26 Å². The lowest BCUT2D eigenvalue weighted by atomic mass is 10.1. The van der Waals surface area contributed by atoms with Crippen LogP contribution in [0.1, 0.15) is 31.7 Å². The second kappa shape index (κ2) is 7.81. The van der Waals surface area contributed by atoms with Crippen LogP contribution in [0.15, 0.2) is 24.3 Å². The Balaban J connectivity index is 2.07. The molecule has 1 aromatic rings. The van der Waals surface area contributed by atoms with Crippen molar-refractivity contribution in [3.8, 4) is 11.8 Å². The first-order valence-electron chi connectivity index (χ1n) is 7.80. The number of phenols is 1. The number of likely N-dealkylation sites (tertiary alicyclic amines) is 1. The van der Waals surface area contributed by atoms with Crippen LogP contribution in [-0.4, -0.2) is 46.5 Å². The highest BCUT2D eigenvalue weighted by atomic mass is 16.3. The highest BCUT2D eigenvalue weighted by Gasteiger charge is 2.27. The van der Waals surface area contributed by atoms with Crippen LogP contribution in [0.2, 0.25) is 0 Å². The Morgan fingerprint density at radius 1 is 1.45 bits per heavy atom. The largest absolute Gasteiger partial charge is 0.508 e. The number of rotatable bonds is 6. The molecule has 1 aliphatic heterocycles. The standard InChI is InChI=1S/C17H23N3O2/c1-2-19-11-3-4-15(19)13-20(17(22)9-10-18)12-14-5-7-16(21)8-6-14/h5-8,15,21H,2-4,9,11-13H2,1H3/t15-/m1/s1. The molecular weight excluding hydrogens is 278 g/mol. The smallest absolute Gasteiger partial charge is 0.237 e. The average molecular weight is 301 g/mol. The van der Waals surface area contributed by atoms with Crippen molar-refractivity contribution in [2.24, 2.45) is 0 Å². The van der Waals surface area contributed by atoms with Crippen molar-refractivity contribution in [3.05, 3.63) is 29.8 Å². The molecule has 0 aliphatic carbocycles. The summed E-state index contributed by atoms with van der Waals surface area (Å²) in [4.78, 5) is 16.4. The number of aromatic hydroxyl groups is 1. The molecule has 0 bridgehead atoms. The quantitative estimate of drug-likeness (QED) is 0.874. The zero-order valence-electron chi connectivity index (χ0n) is 13.0. The minimum Gasteiger partial charge on any atom is -0.508 e. The van der Waals surface area contributed by atoms with Crippen molar-refractivity contribution < 1.29 is 9.90 Å². The van der Waals surface area contributed by atoms with Crippen molar-refractivity contribution in [2.75, 3.05) is 19.6 Å². The number of nitriles is 1. The number of carbonyl (C=O) groups excluding carboxylic acids is 1. The van der Waals surface area contributed by atoms with Crippen LogP contribution < -0.4 is 0 Å². The second-order valence-electron chi connectivity index (χ2n) is 5.70. The van der Waals surface area contributed by atoms with E-state index in [4.69, 9.17) is 5.26 Å². The highest BCUT2D eigenvalue weighted by Crippen LogP contribution is 2.20. The van der Waals surface area contributed by atoms with Gasteiger partial charge in [-0.25, -0.2) is 0 Å².